The van der Waals surface area contributed by atoms with Crippen LogP contribution in [0, 0.1) is 12.7 Å². The molecule has 2 aromatic rings. The summed E-state index contributed by atoms with van der Waals surface area (Å²) in [5, 5.41) is 3.00. The van der Waals surface area contributed by atoms with Gasteiger partial charge in [-0.1, -0.05) is 39.7 Å². The molecule has 110 valence electrons. The van der Waals surface area contributed by atoms with Crippen molar-refractivity contribution in [3.05, 3.63) is 63.9 Å². The molecule has 0 aliphatic rings. The summed E-state index contributed by atoms with van der Waals surface area (Å²) in [5.74, 6) is -1.02. The van der Waals surface area contributed by atoms with Crippen molar-refractivity contribution in [3.8, 4) is 0 Å². The van der Waals surface area contributed by atoms with Crippen LogP contribution in [0.3, 0.4) is 0 Å². The normalized spacial score (nSPS) is 11.8. The Morgan fingerprint density at radius 2 is 1.90 bits per heavy atom. The van der Waals surface area contributed by atoms with Gasteiger partial charge in [0.2, 0.25) is 0 Å². The Morgan fingerprint density at radius 1 is 1.24 bits per heavy atom. The predicted octanol–water partition coefficient (Wildman–Crippen LogP) is 4.22. The van der Waals surface area contributed by atoms with Crippen molar-refractivity contribution in [2.75, 3.05) is 12.4 Å². The first kappa shape index (κ1) is 15.5. The molecule has 2 aromatic carbocycles. The first-order valence-electron chi connectivity index (χ1n) is 6.37. The van der Waals surface area contributed by atoms with Gasteiger partial charge in [-0.05, 0) is 31.2 Å². The Hall–Kier alpha value is -1.88. The van der Waals surface area contributed by atoms with Gasteiger partial charge in [-0.2, -0.15) is 0 Å². The number of benzene rings is 2. The molecule has 3 nitrogen and oxygen atoms in total. The number of ether oxygens (including phenoxy) is 1. The molecule has 0 aromatic heterocycles. The van der Waals surface area contributed by atoms with E-state index in [-0.39, 0.29) is 5.56 Å². The second-order valence-electron chi connectivity index (χ2n) is 4.63. The zero-order valence-corrected chi connectivity index (χ0v) is 13.3. The lowest BCUT2D eigenvalue weighted by Crippen LogP contribution is -2.23. The molecule has 21 heavy (non-hydrogen) atoms. The summed E-state index contributed by atoms with van der Waals surface area (Å²) in [5.41, 5.74) is 2.06. The van der Waals surface area contributed by atoms with Crippen molar-refractivity contribution in [1.29, 1.82) is 0 Å². The fraction of sp³-hybridized carbons (Fsp3) is 0.188. The molecule has 0 amide bonds. The van der Waals surface area contributed by atoms with Gasteiger partial charge in [-0.25, -0.2) is 9.18 Å². The highest BCUT2D eigenvalue weighted by Crippen LogP contribution is 2.25. The zero-order chi connectivity index (χ0) is 15.4. The lowest BCUT2D eigenvalue weighted by Gasteiger charge is -2.19. The van der Waals surface area contributed by atoms with Crippen molar-refractivity contribution in [2.24, 2.45) is 0 Å². The minimum Gasteiger partial charge on any atom is -0.467 e. The molecule has 0 heterocycles. The van der Waals surface area contributed by atoms with E-state index in [1.165, 1.54) is 13.2 Å². The third-order valence-corrected chi connectivity index (χ3v) is 3.57. The third-order valence-electron chi connectivity index (χ3n) is 3.07. The van der Waals surface area contributed by atoms with Gasteiger partial charge in [0.1, 0.15) is 5.82 Å². The topological polar surface area (TPSA) is 38.3 Å². The summed E-state index contributed by atoms with van der Waals surface area (Å²) in [6.07, 6.45) is 0. The molecule has 0 aliphatic heterocycles. The van der Waals surface area contributed by atoms with Crippen LogP contribution in [0.5, 0.6) is 0 Å². The van der Waals surface area contributed by atoms with Gasteiger partial charge in [0, 0.05) is 15.7 Å². The van der Waals surface area contributed by atoms with Crippen LogP contribution in [-0.4, -0.2) is 13.1 Å². The van der Waals surface area contributed by atoms with E-state index in [1.54, 1.807) is 12.1 Å². The summed E-state index contributed by atoms with van der Waals surface area (Å²) >= 11 is 3.20. The molecule has 0 saturated heterocycles. The van der Waals surface area contributed by atoms with Gasteiger partial charge in [0.05, 0.1) is 7.11 Å². The highest BCUT2D eigenvalue weighted by atomic mass is 79.9. The second kappa shape index (κ2) is 6.72. The van der Waals surface area contributed by atoms with Gasteiger partial charge < -0.3 is 10.1 Å². The number of hydrogen-bond donors (Lipinski definition) is 1. The smallest absolute Gasteiger partial charge is 0.333 e. The lowest BCUT2D eigenvalue weighted by molar-refractivity contribution is -0.141. The predicted molar refractivity (Wildman–Crippen MR) is 83.7 cm³/mol. The number of esters is 1. The largest absolute Gasteiger partial charge is 0.467 e. The van der Waals surface area contributed by atoms with E-state index in [0.717, 1.165) is 11.3 Å². The van der Waals surface area contributed by atoms with Crippen molar-refractivity contribution in [3.63, 3.8) is 0 Å². The number of aryl methyl sites for hydroxylation is 1. The van der Waals surface area contributed by atoms with Crippen molar-refractivity contribution >= 4 is 27.6 Å². The molecule has 1 atom stereocenters. The maximum Gasteiger partial charge on any atom is 0.333 e. The Labute approximate surface area is 131 Å². The number of anilines is 1. The van der Waals surface area contributed by atoms with E-state index < -0.39 is 17.8 Å². The van der Waals surface area contributed by atoms with E-state index in [2.05, 4.69) is 21.2 Å². The van der Waals surface area contributed by atoms with Crippen LogP contribution in [0.2, 0.25) is 0 Å². The van der Waals surface area contributed by atoms with Gasteiger partial charge >= 0.3 is 5.97 Å². The maximum atomic E-state index is 14.1. The fourth-order valence-electron chi connectivity index (χ4n) is 1.93. The van der Waals surface area contributed by atoms with E-state index in [9.17, 15) is 9.18 Å². The van der Waals surface area contributed by atoms with E-state index in [0.29, 0.717) is 4.47 Å². The summed E-state index contributed by atoms with van der Waals surface area (Å²) in [6, 6.07) is 11.2. The highest BCUT2D eigenvalue weighted by molar-refractivity contribution is 9.10. The average Bonchev–Trinajstić information content (AvgIpc) is 2.47. The Kier molecular flexibility index (Phi) is 4.96. The summed E-state index contributed by atoms with van der Waals surface area (Å²) in [4.78, 5) is 12.0. The SMILES string of the molecule is COC(=O)C(Nc1ccc(C)cc1)c1ccc(Br)cc1F. The third kappa shape index (κ3) is 3.82. The summed E-state index contributed by atoms with van der Waals surface area (Å²) < 4.78 is 19.5. The van der Waals surface area contributed by atoms with E-state index in [1.807, 2.05) is 31.2 Å². The fourth-order valence-corrected chi connectivity index (χ4v) is 2.27. The first-order valence-corrected chi connectivity index (χ1v) is 7.16. The van der Waals surface area contributed by atoms with Crippen molar-refractivity contribution in [1.82, 2.24) is 0 Å². The van der Waals surface area contributed by atoms with Crippen molar-refractivity contribution < 1.29 is 13.9 Å². The average molecular weight is 352 g/mol. The standard InChI is InChI=1S/C16H15BrFNO2/c1-10-3-6-12(7-4-10)19-15(16(20)21-2)13-8-5-11(17)9-14(13)18/h3-9,15,19H,1-2H3. The minimum absolute atomic E-state index is 0.241. The van der Waals surface area contributed by atoms with Crippen LogP contribution in [-0.2, 0) is 9.53 Å². The molecule has 0 spiro atoms. The lowest BCUT2D eigenvalue weighted by atomic mass is 10.1. The van der Waals surface area contributed by atoms with Crippen LogP contribution in [0.25, 0.3) is 0 Å². The van der Waals surface area contributed by atoms with E-state index in [4.69, 9.17) is 4.74 Å². The monoisotopic (exact) mass is 351 g/mol. The number of carbonyl (C=O) groups excluding carboxylic acids is 1. The van der Waals surface area contributed by atoms with Crippen LogP contribution >= 0.6 is 15.9 Å². The molecule has 0 aliphatic carbocycles. The van der Waals surface area contributed by atoms with Gasteiger partial charge in [-0.15, -0.1) is 0 Å². The van der Waals surface area contributed by atoms with Crippen molar-refractivity contribution in [2.45, 2.75) is 13.0 Å². The summed E-state index contributed by atoms with van der Waals surface area (Å²) in [6.45, 7) is 1.97. The summed E-state index contributed by atoms with van der Waals surface area (Å²) in [7, 11) is 1.28. The highest BCUT2D eigenvalue weighted by Gasteiger charge is 2.24. The number of carbonyl (C=O) groups is 1. The molecule has 5 heteroatoms. The number of nitrogens with one attached hydrogen (secondary N) is 1. The molecule has 0 saturated carbocycles. The Balaban J connectivity index is 2.34. The zero-order valence-electron chi connectivity index (χ0n) is 11.7. The van der Waals surface area contributed by atoms with Crippen LogP contribution in [0.1, 0.15) is 17.2 Å². The Bertz CT molecular complexity index is 643. The molecule has 1 N–H and O–H groups in total. The molecule has 2 rings (SSSR count). The van der Waals surface area contributed by atoms with E-state index >= 15 is 0 Å². The molecule has 0 bridgehead atoms. The second-order valence-corrected chi connectivity index (χ2v) is 5.55. The number of methoxy groups -OCH3 is 1. The van der Waals surface area contributed by atoms with Crippen LogP contribution < -0.4 is 5.32 Å². The minimum atomic E-state index is -0.897. The van der Waals surface area contributed by atoms with Gasteiger partial charge in [0.25, 0.3) is 0 Å². The number of rotatable bonds is 4. The molecule has 1 unspecified atom stereocenters. The number of halogens is 2. The Morgan fingerprint density at radius 3 is 2.48 bits per heavy atom. The number of hydrogen-bond acceptors (Lipinski definition) is 3. The molecular weight excluding hydrogens is 337 g/mol. The maximum absolute atomic E-state index is 14.1. The first-order chi connectivity index (χ1) is 10.0. The van der Waals surface area contributed by atoms with Gasteiger partial charge in [-0.3, -0.25) is 0 Å². The molecule has 0 fully saturated rings. The van der Waals surface area contributed by atoms with Gasteiger partial charge in [0.15, 0.2) is 6.04 Å². The quantitative estimate of drug-likeness (QED) is 0.838. The molecular formula is C16H15BrFNO2. The van der Waals surface area contributed by atoms with Crippen LogP contribution in [0.4, 0.5) is 10.1 Å². The van der Waals surface area contributed by atoms with Crippen LogP contribution in [0.15, 0.2) is 46.9 Å². The molecule has 0 radical (unpaired) electrons.